The molecule has 0 spiro atoms. The molecule has 1 unspecified atom stereocenters. The van der Waals surface area contributed by atoms with Crippen LogP contribution < -0.4 is 10.1 Å². The number of aryl methyl sites for hydroxylation is 1. The molecule has 4 heterocycles. The van der Waals surface area contributed by atoms with E-state index in [9.17, 15) is 4.79 Å². The van der Waals surface area contributed by atoms with Crippen LogP contribution in [0, 0.1) is 0 Å². The van der Waals surface area contributed by atoms with Crippen molar-refractivity contribution in [2.45, 2.75) is 25.3 Å². The van der Waals surface area contributed by atoms with Crippen LogP contribution in [-0.2, 0) is 17.6 Å². The molecular formula is C24H22N6O2. The smallest absolute Gasteiger partial charge is 0.244 e. The summed E-state index contributed by atoms with van der Waals surface area (Å²) in [5.74, 6) is 0.415. The zero-order valence-electron chi connectivity index (χ0n) is 17.6. The van der Waals surface area contributed by atoms with Crippen LogP contribution in [0.15, 0.2) is 61.1 Å². The molecule has 1 N–H and O–H groups in total. The minimum absolute atomic E-state index is 0.0634. The van der Waals surface area contributed by atoms with E-state index in [-0.39, 0.29) is 11.9 Å². The van der Waals surface area contributed by atoms with Crippen molar-refractivity contribution in [3.05, 3.63) is 78.0 Å². The minimum Gasteiger partial charge on any atom is -0.481 e. The highest BCUT2D eigenvalue weighted by Gasteiger charge is 2.23. The molecule has 5 rings (SSSR count). The van der Waals surface area contributed by atoms with Gasteiger partial charge in [-0.05, 0) is 55.2 Å². The van der Waals surface area contributed by atoms with Gasteiger partial charge in [-0.2, -0.15) is 5.10 Å². The third-order valence-corrected chi connectivity index (χ3v) is 5.51. The molecule has 0 saturated heterocycles. The number of pyridine rings is 3. The standard InChI is InChI=1S/C24H22N6O2/c1-32-23-10-8-20-24(28-23)21(11-13-26-20)30-15-16-14-18(5-7-19(16)29-30)27-22(31)9-6-17-4-2-3-12-25-17/h2-4,6,8-13,15,18H,5,7,14H2,1H3,(H,27,31)/b9-6-. The molecule has 0 aliphatic heterocycles. The van der Waals surface area contributed by atoms with Gasteiger partial charge in [0, 0.05) is 36.8 Å². The van der Waals surface area contributed by atoms with Crippen LogP contribution in [-0.4, -0.2) is 43.8 Å². The van der Waals surface area contributed by atoms with Crippen molar-refractivity contribution in [3.8, 4) is 11.6 Å². The Kier molecular flexibility index (Phi) is 5.33. The monoisotopic (exact) mass is 426 g/mol. The molecule has 0 aromatic carbocycles. The first kappa shape index (κ1) is 19.9. The van der Waals surface area contributed by atoms with E-state index < -0.39 is 0 Å². The number of hydrogen-bond acceptors (Lipinski definition) is 6. The number of carbonyl (C=O) groups is 1. The lowest BCUT2D eigenvalue weighted by Gasteiger charge is -2.21. The van der Waals surface area contributed by atoms with Crippen molar-refractivity contribution in [3.63, 3.8) is 0 Å². The van der Waals surface area contributed by atoms with Crippen molar-refractivity contribution < 1.29 is 9.53 Å². The number of ether oxygens (including phenoxy) is 1. The predicted molar refractivity (Wildman–Crippen MR) is 120 cm³/mol. The van der Waals surface area contributed by atoms with Crippen molar-refractivity contribution in [2.24, 2.45) is 0 Å². The summed E-state index contributed by atoms with van der Waals surface area (Å²) < 4.78 is 7.13. The lowest BCUT2D eigenvalue weighted by Crippen LogP contribution is -2.37. The molecule has 0 radical (unpaired) electrons. The average molecular weight is 426 g/mol. The number of fused-ring (bicyclic) bond motifs is 2. The van der Waals surface area contributed by atoms with E-state index in [1.165, 1.54) is 6.08 Å². The molecule has 1 amide bonds. The van der Waals surface area contributed by atoms with Gasteiger partial charge in [-0.25, -0.2) is 9.67 Å². The van der Waals surface area contributed by atoms with Gasteiger partial charge in [0.2, 0.25) is 11.8 Å². The SMILES string of the molecule is COc1ccc2nccc(-n3cc4c(n3)CCC(NC(=O)/C=C\c3ccccn3)C4)c2n1. The fraction of sp³-hybridized carbons (Fsp3) is 0.208. The molecule has 0 bridgehead atoms. The molecule has 0 saturated carbocycles. The predicted octanol–water partition coefficient (Wildman–Crippen LogP) is 2.91. The van der Waals surface area contributed by atoms with Crippen LogP contribution in [0.1, 0.15) is 23.4 Å². The minimum atomic E-state index is -0.118. The fourth-order valence-electron chi connectivity index (χ4n) is 3.93. The lowest BCUT2D eigenvalue weighted by molar-refractivity contribution is -0.117. The second kappa shape index (κ2) is 8.58. The average Bonchev–Trinajstić information content (AvgIpc) is 3.26. The summed E-state index contributed by atoms with van der Waals surface area (Å²) in [6.45, 7) is 0. The molecule has 4 aromatic heterocycles. The second-order valence-corrected chi connectivity index (χ2v) is 7.63. The van der Waals surface area contributed by atoms with Crippen LogP contribution >= 0.6 is 0 Å². The molecule has 1 aliphatic rings. The van der Waals surface area contributed by atoms with Crippen LogP contribution in [0.2, 0.25) is 0 Å². The van der Waals surface area contributed by atoms with Crippen LogP contribution in [0.5, 0.6) is 5.88 Å². The van der Waals surface area contributed by atoms with Gasteiger partial charge in [-0.3, -0.25) is 14.8 Å². The molecule has 0 fully saturated rings. The first-order chi connectivity index (χ1) is 15.7. The molecule has 1 aliphatic carbocycles. The highest BCUT2D eigenvalue weighted by atomic mass is 16.5. The zero-order chi connectivity index (χ0) is 21.9. The van der Waals surface area contributed by atoms with Gasteiger partial charge in [0.25, 0.3) is 0 Å². The van der Waals surface area contributed by atoms with E-state index in [4.69, 9.17) is 9.84 Å². The van der Waals surface area contributed by atoms with Crippen LogP contribution in [0.25, 0.3) is 22.8 Å². The Morgan fingerprint density at radius 1 is 1.19 bits per heavy atom. The third-order valence-electron chi connectivity index (χ3n) is 5.51. The quantitative estimate of drug-likeness (QED) is 0.493. The number of nitrogens with one attached hydrogen (secondary N) is 1. The number of carbonyl (C=O) groups excluding carboxylic acids is 1. The first-order valence-electron chi connectivity index (χ1n) is 10.5. The van der Waals surface area contributed by atoms with E-state index in [1.807, 2.05) is 41.2 Å². The van der Waals surface area contributed by atoms with Gasteiger partial charge in [0.1, 0.15) is 5.52 Å². The summed E-state index contributed by atoms with van der Waals surface area (Å²) in [7, 11) is 1.59. The van der Waals surface area contributed by atoms with E-state index >= 15 is 0 Å². The molecule has 4 aromatic rings. The molecule has 8 heteroatoms. The van der Waals surface area contributed by atoms with Crippen molar-refractivity contribution in [1.29, 1.82) is 0 Å². The number of hydrogen-bond donors (Lipinski definition) is 1. The maximum atomic E-state index is 12.4. The van der Waals surface area contributed by atoms with Gasteiger partial charge in [0.15, 0.2) is 0 Å². The van der Waals surface area contributed by atoms with Gasteiger partial charge in [-0.1, -0.05) is 6.07 Å². The summed E-state index contributed by atoms with van der Waals surface area (Å²) in [4.78, 5) is 25.5. The summed E-state index contributed by atoms with van der Waals surface area (Å²) in [5.41, 5.74) is 5.29. The van der Waals surface area contributed by atoms with Crippen molar-refractivity contribution >= 4 is 23.0 Å². The van der Waals surface area contributed by atoms with E-state index in [1.54, 1.807) is 31.6 Å². The maximum absolute atomic E-state index is 12.4. The Balaban J connectivity index is 1.33. The fourth-order valence-corrected chi connectivity index (χ4v) is 3.93. The number of amides is 1. The van der Waals surface area contributed by atoms with Gasteiger partial charge < -0.3 is 10.1 Å². The Hall–Kier alpha value is -4.07. The third kappa shape index (κ3) is 4.07. The second-order valence-electron chi connectivity index (χ2n) is 7.63. The zero-order valence-corrected chi connectivity index (χ0v) is 17.6. The Morgan fingerprint density at radius 2 is 2.12 bits per heavy atom. The van der Waals surface area contributed by atoms with E-state index in [0.29, 0.717) is 5.88 Å². The number of aromatic nitrogens is 5. The van der Waals surface area contributed by atoms with Gasteiger partial charge >= 0.3 is 0 Å². The number of rotatable bonds is 5. The highest BCUT2D eigenvalue weighted by Crippen LogP contribution is 2.25. The maximum Gasteiger partial charge on any atom is 0.244 e. The van der Waals surface area contributed by atoms with Crippen molar-refractivity contribution in [1.82, 2.24) is 30.0 Å². The van der Waals surface area contributed by atoms with Gasteiger partial charge in [0.05, 0.1) is 29.7 Å². The Morgan fingerprint density at radius 3 is 2.97 bits per heavy atom. The molecule has 8 nitrogen and oxygen atoms in total. The summed E-state index contributed by atoms with van der Waals surface area (Å²) >= 11 is 0. The normalized spacial score (nSPS) is 15.6. The highest BCUT2D eigenvalue weighted by molar-refractivity contribution is 5.91. The van der Waals surface area contributed by atoms with Crippen LogP contribution in [0.4, 0.5) is 0 Å². The summed E-state index contributed by atoms with van der Waals surface area (Å²) in [6, 6.07) is 11.2. The summed E-state index contributed by atoms with van der Waals surface area (Å²) in [5, 5.41) is 7.88. The van der Waals surface area contributed by atoms with Crippen LogP contribution in [0.3, 0.4) is 0 Å². The van der Waals surface area contributed by atoms with Crippen molar-refractivity contribution in [2.75, 3.05) is 7.11 Å². The topological polar surface area (TPSA) is 94.8 Å². The number of nitrogens with zero attached hydrogens (tertiary/aromatic N) is 5. The molecule has 32 heavy (non-hydrogen) atoms. The molecule has 1 atom stereocenters. The Labute approximate surface area is 185 Å². The number of methoxy groups -OCH3 is 1. The van der Waals surface area contributed by atoms with Gasteiger partial charge in [-0.15, -0.1) is 0 Å². The van der Waals surface area contributed by atoms with E-state index in [2.05, 4.69) is 20.3 Å². The lowest BCUT2D eigenvalue weighted by atomic mass is 9.93. The first-order valence-corrected chi connectivity index (χ1v) is 10.5. The molecule has 160 valence electrons. The Bertz CT molecular complexity index is 1300. The largest absolute Gasteiger partial charge is 0.481 e. The summed E-state index contributed by atoms with van der Waals surface area (Å²) in [6.07, 6.45) is 11.1. The molecular weight excluding hydrogens is 404 g/mol. The van der Waals surface area contributed by atoms with E-state index in [0.717, 1.165) is 52.9 Å².